The third kappa shape index (κ3) is 4.65. The summed E-state index contributed by atoms with van der Waals surface area (Å²) in [6.45, 7) is 14.0. The highest BCUT2D eigenvalue weighted by molar-refractivity contribution is 6.03. The molecule has 0 atom stereocenters. The van der Waals surface area contributed by atoms with Crippen LogP contribution < -0.4 is 0 Å². The summed E-state index contributed by atoms with van der Waals surface area (Å²) in [6.07, 6.45) is 5.63. The number of carbonyl (C=O) groups excluding carboxylic acids is 1. The minimum absolute atomic E-state index is 0.0826. The van der Waals surface area contributed by atoms with E-state index < -0.39 is 0 Å². The molecule has 1 aliphatic heterocycles. The fourth-order valence-corrected chi connectivity index (χ4v) is 4.83. The summed E-state index contributed by atoms with van der Waals surface area (Å²) in [7, 11) is 2.04. The number of nitrogens with zero attached hydrogens (tertiary/aromatic N) is 6. The fraction of sp³-hybridized carbons (Fsp3) is 0.429. The minimum Gasteiger partial charge on any atom is -0.449 e. The monoisotopic (exact) mass is 486 g/mol. The number of piperazine rings is 1. The van der Waals surface area contributed by atoms with E-state index >= 15 is 0 Å². The molecule has 36 heavy (non-hydrogen) atoms. The SMILES string of the molecule is Cc1nc(CN2CCN(C(=O)c3cc4c(-c5ccnc(C(C)(C)C)n5)cn(C)c4cc3C)CC2)co1. The van der Waals surface area contributed by atoms with E-state index in [4.69, 9.17) is 9.40 Å². The van der Waals surface area contributed by atoms with Crippen molar-refractivity contribution in [3.05, 3.63) is 65.4 Å². The minimum atomic E-state index is -0.146. The quantitative estimate of drug-likeness (QED) is 0.423. The maximum absolute atomic E-state index is 13.6. The van der Waals surface area contributed by atoms with Gasteiger partial charge in [0.15, 0.2) is 5.89 Å². The van der Waals surface area contributed by atoms with Gasteiger partial charge in [0.05, 0.1) is 11.4 Å². The number of oxazole rings is 1. The third-order valence-corrected chi connectivity index (χ3v) is 6.88. The van der Waals surface area contributed by atoms with Gasteiger partial charge in [-0.05, 0) is 30.7 Å². The highest BCUT2D eigenvalue weighted by Gasteiger charge is 2.25. The number of aromatic nitrogens is 4. The van der Waals surface area contributed by atoms with Gasteiger partial charge in [-0.1, -0.05) is 20.8 Å². The fourth-order valence-electron chi connectivity index (χ4n) is 4.83. The van der Waals surface area contributed by atoms with Crippen LogP contribution in [-0.2, 0) is 19.0 Å². The van der Waals surface area contributed by atoms with Crippen LogP contribution in [0.25, 0.3) is 22.2 Å². The number of fused-ring (bicyclic) bond motifs is 1. The summed E-state index contributed by atoms with van der Waals surface area (Å²) >= 11 is 0. The van der Waals surface area contributed by atoms with Crippen molar-refractivity contribution in [2.24, 2.45) is 7.05 Å². The van der Waals surface area contributed by atoms with Crippen molar-refractivity contribution in [2.75, 3.05) is 26.2 Å². The summed E-state index contributed by atoms with van der Waals surface area (Å²) in [5.74, 6) is 1.57. The third-order valence-electron chi connectivity index (χ3n) is 6.88. The molecule has 0 saturated carbocycles. The van der Waals surface area contributed by atoms with Crippen LogP contribution in [0.1, 0.15) is 54.1 Å². The highest BCUT2D eigenvalue weighted by Crippen LogP contribution is 2.32. The lowest BCUT2D eigenvalue weighted by molar-refractivity contribution is 0.0626. The van der Waals surface area contributed by atoms with Crippen LogP contribution in [-0.4, -0.2) is 61.4 Å². The second kappa shape index (κ2) is 9.17. The number of hydrogen-bond donors (Lipinski definition) is 0. The van der Waals surface area contributed by atoms with Crippen LogP contribution in [0, 0.1) is 13.8 Å². The van der Waals surface area contributed by atoms with Gasteiger partial charge in [-0.2, -0.15) is 0 Å². The van der Waals surface area contributed by atoms with Crippen LogP contribution in [0.4, 0.5) is 0 Å². The number of hydrogen-bond acceptors (Lipinski definition) is 6. The number of aryl methyl sites for hydroxylation is 3. The van der Waals surface area contributed by atoms with Gasteiger partial charge in [-0.15, -0.1) is 0 Å². The molecule has 8 nitrogen and oxygen atoms in total. The van der Waals surface area contributed by atoms with Crippen molar-refractivity contribution in [3.63, 3.8) is 0 Å². The second-order valence-corrected chi connectivity index (χ2v) is 10.8. The van der Waals surface area contributed by atoms with Gasteiger partial charge < -0.3 is 13.9 Å². The zero-order valence-corrected chi connectivity index (χ0v) is 22.0. The van der Waals surface area contributed by atoms with E-state index in [1.807, 2.05) is 44.1 Å². The number of carbonyl (C=O) groups is 1. The first-order valence-corrected chi connectivity index (χ1v) is 12.5. The number of benzene rings is 1. The number of rotatable bonds is 4. The van der Waals surface area contributed by atoms with Crippen molar-refractivity contribution in [2.45, 2.75) is 46.6 Å². The molecule has 0 aliphatic carbocycles. The molecule has 1 saturated heterocycles. The standard InChI is InChI=1S/C28H34N6O2/c1-18-13-25-22(23(16-32(25)6)24-7-8-29-27(31-24)28(3,4)5)14-21(18)26(35)34-11-9-33(10-12-34)15-20-17-36-19(2)30-20/h7-8,13-14,16-17H,9-12,15H2,1-6H3. The summed E-state index contributed by atoms with van der Waals surface area (Å²) in [5.41, 5.74) is 5.50. The first-order chi connectivity index (χ1) is 17.1. The zero-order valence-electron chi connectivity index (χ0n) is 22.0. The predicted molar refractivity (Wildman–Crippen MR) is 140 cm³/mol. The van der Waals surface area contributed by atoms with Gasteiger partial charge in [0.1, 0.15) is 12.1 Å². The Hall–Kier alpha value is -3.52. The Morgan fingerprint density at radius 1 is 1.08 bits per heavy atom. The normalized spacial score (nSPS) is 15.1. The Balaban J connectivity index is 1.40. The average molecular weight is 487 g/mol. The molecule has 5 rings (SSSR count). The van der Waals surface area contributed by atoms with E-state index in [2.05, 4.69) is 52.5 Å². The molecule has 1 fully saturated rings. The van der Waals surface area contributed by atoms with Crippen molar-refractivity contribution < 1.29 is 9.21 Å². The van der Waals surface area contributed by atoms with Gasteiger partial charge in [0, 0.05) is 86.5 Å². The summed E-state index contributed by atoms with van der Waals surface area (Å²) < 4.78 is 7.43. The predicted octanol–water partition coefficient (Wildman–Crippen LogP) is 4.50. The molecule has 1 amide bonds. The van der Waals surface area contributed by atoms with Gasteiger partial charge >= 0.3 is 0 Å². The summed E-state index contributed by atoms with van der Waals surface area (Å²) in [4.78, 5) is 31.7. The largest absolute Gasteiger partial charge is 0.449 e. The molecule has 0 unspecified atom stereocenters. The van der Waals surface area contributed by atoms with Crippen LogP contribution in [0.2, 0.25) is 0 Å². The molecule has 0 radical (unpaired) electrons. The van der Waals surface area contributed by atoms with Crippen molar-refractivity contribution in [3.8, 4) is 11.3 Å². The van der Waals surface area contributed by atoms with Crippen molar-refractivity contribution in [1.82, 2.24) is 29.3 Å². The number of amides is 1. The maximum atomic E-state index is 13.6. The Morgan fingerprint density at radius 2 is 1.83 bits per heavy atom. The highest BCUT2D eigenvalue weighted by atomic mass is 16.3. The van der Waals surface area contributed by atoms with Crippen molar-refractivity contribution in [1.29, 1.82) is 0 Å². The molecular formula is C28H34N6O2. The molecule has 0 N–H and O–H groups in total. The molecule has 8 heteroatoms. The van der Waals surface area contributed by atoms with Crippen LogP contribution in [0.5, 0.6) is 0 Å². The average Bonchev–Trinajstić information content (AvgIpc) is 3.40. The van der Waals surface area contributed by atoms with E-state index in [0.29, 0.717) is 19.0 Å². The first-order valence-electron chi connectivity index (χ1n) is 12.5. The van der Waals surface area contributed by atoms with Gasteiger partial charge in [-0.25, -0.2) is 15.0 Å². The van der Waals surface area contributed by atoms with E-state index in [-0.39, 0.29) is 11.3 Å². The molecule has 0 spiro atoms. The Morgan fingerprint density at radius 3 is 2.50 bits per heavy atom. The Bertz CT molecular complexity index is 1420. The molecule has 4 heterocycles. The molecule has 3 aromatic heterocycles. The van der Waals surface area contributed by atoms with E-state index in [0.717, 1.165) is 64.4 Å². The maximum Gasteiger partial charge on any atom is 0.254 e. The van der Waals surface area contributed by atoms with Crippen LogP contribution in [0.3, 0.4) is 0 Å². The van der Waals surface area contributed by atoms with E-state index in [1.165, 1.54) is 0 Å². The molecular weight excluding hydrogens is 452 g/mol. The molecule has 1 aromatic carbocycles. The smallest absolute Gasteiger partial charge is 0.254 e. The molecule has 4 aromatic rings. The van der Waals surface area contributed by atoms with Gasteiger partial charge in [0.2, 0.25) is 0 Å². The van der Waals surface area contributed by atoms with E-state index in [9.17, 15) is 4.79 Å². The van der Waals surface area contributed by atoms with E-state index in [1.54, 1.807) is 6.26 Å². The van der Waals surface area contributed by atoms with Gasteiger partial charge in [0.25, 0.3) is 5.91 Å². The molecule has 0 bridgehead atoms. The lowest BCUT2D eigenvalue weighted by atomic mass is 9.95. The lowest BCUT2D eigenvalue weighted by Crippen LogP contribution is -2.48. The topological polar surface area (TPSA) is 80.3 Å². The first kappa shape index (κ1) is 24.2. The van der Waals surface area contributed by atoms with Crippen LogP contribution >= 0.6 is 0 Å². The summed E-state index contributed by atoms with van der Waals surface area (Å²) in [5, 5.41) is 1.03. The second-order valence-electron chi connectivity index (χ2n) is 10.8. The van der Waals surface area contributed by atoms with Crippen molar-refractivity contribution >= 4 is 16.8 Å². The molecule has 1 aliphatic rings. The Kier molecular flexibility index (Phi) is 6.16. The lowest BCUT2D eigenvalue weighted by Gasteiger charge is -2.34. The molecule has 188 valence electrons. The zero-order chi connectivity index (χ0) is 25.6. The van der Waals surface area contributed by atoms with Crippen LogP contribution in [0.15, 0.2) is 41.3 Å². The Labute approximate surface area is 212 Å². The van der Waals surface area contributed by atoms with Gasteiger partial charge in [-0.3, -0.25) is 9.69 Å². The summed E-state index contributed by atoms with van der Waals surface area (Å²) in [6, 6.07) is 6.10.